The number of hydrogen-bond donors (Lipinski definition) is 2. The molecule has 0 aliphatic carbocycles. The number of anilines is 1. The minimum Gasteiger partial charge on any atom is -0.478 e. The predicted octanol–water partition coefficient (Wildman–Crippen LogP) is 1.81. The zero-order chi connectivity index (χ0) is 13.7. The Morgan fingerprint density at radius 2 is 2.37 bits per heavy atom. The van der Waals surface area contributed by atoms with Crippen LogP contribution in [0.2, 0.25) is 0 Å². The highest BCUT2D eigenvalue weighted by molar-refractivity contribution is 7.98. The standard InChI is InChI=1S/C12H14N4O2S/c1-19-10-4-2-3-9(11(10)12(17)18)13-5-7-16-8-6-14-15-16/h2-4,6,8,13H,5,7H2,1H3,(H,17,18). The van der Waals surface area contributed by atoms with E-state index < -0.39 is 5.97 Å². The molecule has 0 unspecified atom stereocenters. The molecule has 1 aromatic carbocycles. The van der Waals surface area contributed by atoms with Gasteiger partial charge in [-0.25, -0.2) is 4.79 Å². The van der Waals surface area contributed by atoms with E-state index in [1.807, 2.05) is 12.3 Å². The van der Waals surface area contributed by atoms with Crippen molar-refractivity contribution in [3.8, 4) is 0 Å². The first kappa shape index (κ1) is 13.4. The van der Waals surface area contributed by atoms with Gasteiger partial charge in [-0.2, -0.15) is 0 Å². The summed E-state index contributed by atoms with van der Waals surface area (Å²) in [4.78, 5) is 12.1. The number of thioether (sulfide) groups is 1. The number of aromatic carboxylic acids is 1. The van der Waals surface area contributed by atoms with Gasteiger partial charge in [-0.3, -0.25) is 4.68 Å². The fourth-order valence-corrected chi connectivity index (χ4v) is 2.34. The van der Waals surface area contributed by atoms with E-state index in [9.17, 15) is 9.90 Å². The number of carboxylic acids is 1. The number of hydrogen-bond acceptors (Lipinski definition) is 5. The van der Waals surface area contributed by atoms with Gasteiger partial charge in [0.1, 0.15) is 0 Å². The van der Waals surface area contributed by atoms with Crippen LogP contribution in [0, 0.1) is 0 Å². The molecule has 19 heavy (non-hydrogen) atoms. The molecule has 0 aliphatic heterocycles. The molecule has 6 nitrogen and oxygen atoms in total. The van der Waals surface area contributed by atoms with Gasteiger partial charge in [0.25, 0.3) is 0 Å². The van der Waals surface area contributed by atoms with E-state index in [0.717, 1.165) is 4.90 Å². The first-order chi connectivity index (χ1) is 9.22. The zero-order valence-corrected chi connectivity index (χ0v) is 11.2. The normalized spacial score (nSPS) is 10.4. The summed E-state index contributed by atoms with van der Waals surface area (Å²) >= 11 is 1.42. The lowest BCUT2D eigenvalue weighted by molar-refractivity contribution is 0.0694. The zero-order valence-electron chi connectivity index (χ0n) is 10.4. The number of benzene rings is 1. The van der Waals surface area contributed by atoms with Crippen LogP contribution >= 0.6 is 11.8 Å². The number of nitrogens with zero attached hydrogens (tertiary/aromatic N) is 3. The van der Waals surface area contributed by atoms with E-state index in [-0.39, 0.29) is 0 Å². The third-order valence-corrected chi connectivity index (χ3v) is 3.37. The molecule has 0 atom stereocenters. The maximum atomic E-state index is 11.3. The summed E-state index contributed by atoms with van der Waals surface area (Å²) < 4.78 is 1.69. The predicted molar refractivity (Wildman–Crippen MR) is 73.7 cm³/mol. The monoisotopic (exact) mass is 278 g/mol. The molecule has 2 rings (SSSR count). The van der Waals surface area contributed by atoms with Crippen molar-refractivity contribution in [3.05, 3.63) is 36.2 Å². The summed E-state index contributed by atoms with van der Waals surface area (Å²) in [5, 5.41) is 20.0. The van der Waals surface area contributed by atoms with Crippen molar-refractivity contribution in [2.24, 2.45) is 0 Å². The summed E-state index contributed by atoms with van der Waals surface area (Å²) in [6, 6.07) is 5.41. The molecule has 1 heterocycles. The molecule has 0 saturated heterocycles. The molecule has 0 saturated carbocycles. The highest BCUT2D eigenvalue weighted by atomic mass is 32.2. The van der Waals surface area contributed by atoms with Gasteiger partial charge in [0.15, 0.2) is 0 Å². The van der Waals surface area contributed by atoms with Crippen LogP contribution in [0.3, 0.4) is 0 Å². The average Bonchev–Trinajstić information content (AvgIpc) is 2.91. The lowest BCUT2D eigenvalue weighted by atomic mass is 10.2. The molecule has 0 bridgehead atoms. The minimum atomic E-state index is -0.923. The Kier molecular flexibility index (Phi) is 4.40. The van der Waals surface area contributed by atoms with Crippen LogP contribution in [0.1, 0.15) is 10.4 Å². The largest absolute Gasteiger partial charge is 0.478 e. The Morgan fingerprint density at radius 1 is 1.53 bits per heavy atom. The Bertz CT molecular complexity index is 557. The molecule has 0 aliphatic rings. The van der Waals surface area contributed by atoms with Crippen LogP contribution in [-0.4, -0.2) is 38.9 Å². The number of carbonyl (C=O) groups is 1. The molecule has 0 fully saturated rings. The van der Waals surface area contributed by atoms with Crippen molar-refractivity contribution in [2.75, 3.05) is 18.1 Å². The Hall–Kier alpha value is -2.02. The van der Waals surface area contributed by atoms with E-state index in [1.54, 1.807) is 29.2 Å². The summed E-state index contributed by atoms with van der Waals surface area (Å²) in [5.41, 5.74) is 0.938. The number of nitrogens with one attached hydrogen (secondary N) is 1. The van der Waals surface area contributed by atoms with Crippen molar-refractivity contribution < 1.29 is 9.90 Å². The lowest BCUT2D eigenvalue weighted by Crippen LogP contribution is -2.14. The van der Waals surface area contributed by atoms with Gasteiger partial charge >= 0.3 is 5.97 Å². The van der Waals surface area contributed by atoms with Crippen LogP contribution in [0.15, 0.2) is 35.5 Å². The molecule has 1 aromatic heterocycles. The molecular formula is C12H14N4O2S. The van der Waals surface area contributed by atoms with Crippen LogP contribution in [0.4, 0.5) is 5.69 Å². The van der Waals surface area contributed by atoms with Crippen molar-refractivity contribution in [3.63, 3.8) is 0 Å². The van der Waals surface area contributed by atoms with Crippen molar-refractivity contribution in [2.45, 2.75) is 11.4 Å². The third-order valence-electron chi connectivity index (χ3n) is 2.59. The van der Waals surface area contributed by atoms with Gasteiger partial charge in [0.2, 0.25) is 0 Å². The summed E-state index contributed by atoms with van der Waals surface area (Å²) in [5.74, 6) is -0.923. The number of carboxylic acid groups (broad SMARTS) is 1. The molecular weight excluding hydrogens is 264 g/mol. The first-order valence-corrected chi connectivity index (χ1v) is 6.93. The van der Waals surface area contributed by atoms with Crippen molar-refractivity contribution >= 4 is 23.4 Å². The SMILES string of the molecule is CSc1cccc(NCCn2ccnn2)c1C(=O)O. The second kappa shape index (κ2) is 6.24. The fourth-order valence-electron chi connectivity index (χ4n) is 1.73. The van der Waals surface area contributed by atoms with Crippen molar-refractivity contribution in [1.82, 2.24) is 15.0 Å². The van der Waals surface area contributed by atoms with Gasteiger partial charge < -0.3 is 10.4 Å². The summed E-state index contributed by atoms with van der Waals surface area (Å²) in [6.07, 6.45) is 5.23. The summed E-state index contributed by atoms with van der Waals surface area (Å²) in [7, 11) is 0. The molecule has 100 valence electrons. The van der Waals surface area contributed by atoms with Crippen LogP contribution < -0.4 is 5.32 Å². The van der Waals surface area contributed by atoms with E-state index in [0.29, 0.717) is 24.3 Å². The molecule has 0 radical (unpaired) electrons. The smallest absolute Gasteiger partial charge is 0.338 e. The van der Waals surface area contributed by atoms with Gasteiger partial charge in [-0.05, 0) is 18.4 Å². The molecule has 2 N–H and O–H groups in total. The van der Waals surface area contributed by atoms with E-state index in [1.165, 1.54) is 11.8 Å². The maximum absolute atomic E-state index is 11.3. The second-order valence-electron chi connectivity index (χ2n) is 3.78. The number of rotatable bonds is 6. The van der Waals surface area contributed by atoms with E-state index in [2.05, 4.69) is 15.6 Å². The highest BCUT2D eigenvalue weighted by Crippen LogP contribution is 2.26. The Morgan fingerprint density at radius 3 is 3.00 bits per heavy atom. The van der Waals surface area contributed by atoms with Crippen molar-refractivity contribution in [1.29, 1.82) is 0 Å². The van der Waals surface area contributed by atoms with Gasteiger partial charge in [-0.15, -0.1) is 16.9 Å². The quantitative estimate of drug-likeness (QED) is 0.784. The minimum absolute atomic E-state index is 0.314. The molecule has 7 heteroatoms. The number of aromatic nitrogens is 3. The maximum Gasteiger partial charge on any atom is 0.338 e. The van der Waals surface area contributed by atoms with Gasteiger partial charge in [0.05, 0.1) is 18.3 Å². The Labute approximate surface area is 114 Å². The Balaban J connectivity index is 2.09. The first-order valence-electron chi connectivity index (χ1n) is 5.70. The average molecular weight is 278 g/mol. The third kappa shape index (κ3) is 3.25. The van der Waals surface area contributed by atoms with Crippen LogP contribution in [-0.2, 0) is 6.54 Å². The van der Waals surface area contributed by atoms with E-state index >= 15 is 0 Å². The topological polar surface area (TPSA) is 80.0 Å². The summed E-state index contributed by atoms with van der Waals surface area (Å²) in [6.45, 7) is 1.21. The van der Waals surface area contributed by atoms with Crippen LogP contribution in [0.25, 0.3) is 0 Å². The fraction of sp³-hybridized carbons (Fsp3) is 0.250. The lowest BCUT2D eigenvalue weighted by Gasteiger charge is -2.12. The molecule has 2 aromatic rings. The van der Waals surface area contributed by atoms with Crippen LogP contribution in [0.5, 0.6) is 0 Å². The van der Waals surface area contributed by atoms with Gasteiger partial charge in [0, 0.05) is 23.3 Å². The molecule has 0 spiro atoms. The second-order valence-corrected chi connectivity index (χ2v) is 4.63. The molecule has 0 amide bonds. The van der Waals surface area contributed by atoms with Gasteiger partial charge in [-0.1, -0.05) is 11.3 Å². The van der Waals surface area contributed by atoms with E-state index in [4.69, 9.17) is 0 Å². The highest BCUT2D eigenvalue weighted by Gasteiger charge is 2.14.